The minimum Gasteiger partial charge on any atom is -0.391 e. The first-order chi connectivity index (χ1) is 6.29. The summed E-state index contributed by atoms with van der Waals surface area (Å²) in [4.78, 5) is 4.09. The van der Waals surface area contributed by atoms with Gasteiger partial charge in [0, 0.05) is 31.4 Å². The third-order valence-electron chi connectivity index (χ3n) is 2.66. The highest BCUT2D eigenvalue weighted by Gasteiger charge is 2.27. The predicted molar refractivity (Wildman–Crippen MR) is 50.6 cm³/mol. The highest BCUT2D eigenvalue weighted by Crippen LogP contribution is 2.24. The topological polar surface area (TPSA) is 45.2 Å². The van der Waals surface area contributed by atoms with Gasteiger partial charge in [0.2, 0.25) is 0 Å². The minimum absolute atomic E-state index is 0.216. The Balaban J connectivity index is 2.29. The average Bonchev–Trinajstić information content (AvgIpc) is 2.52. The number of aliphatic hydroxyl groups is 1. The monoisotopic (exact) mass is 178 g/mol. The maximum atomic E-state index is 9.68. The van der Waals surface area contributed by atoms with E-state index in [1.807, 2.05) is 12.3 Å². The molecule has 13 heavy (non-hydrogen) atoms. The number of β-amino-alcohol motifs (C(OH)–C–C–N with tert-alkyl or cyclic N) is 1. The fraction of sp³-hybridized carbons (Fsp3) is 0.500. The molecule has 0 unspecified atom stereocenters. The number of hydrogen-bond acceptors (Lipinski definition) is 3. The van der Waals surface area contributed by atoms with Crippen LogP contribution in [0.1, 0.15) is 17.0 Å². The van der Waals surface area contributed by atoms with Crippen LogP contribution in [-0.2, 0) is 0 Å². The molecule has 0 bridgehead atoms. The third kappa shape index (κ3) is 1.57. The van der Waals surface area contributed by atoms with Gasteiger partial charge in [-0.2, -0.15) is 0 Å². The highest BCUT2D eigenvalue weighted by molar-refractivity contribution is 5.28. The Bertz CT molecular complexity index is 301. The first-order valence-corrected chi connectivity index (χ1v) is 4.58. The van der Waals surface area contributed by atoms with Crippen LogP contribution in [0.4, 0.5) is 0 Å². The second-order valence-electron chi connectivity index (χ2n) is 3.56. The first-order valence-electron chi connectivity index (χ1n) is 4.58. The van der Waals surface area contributed by atoms with Gasteiger partial charge < -0.3 is 10.4 Å². The second kappa shape index (κ2) is 3.44. The van der Waals surface area contributed by atoms with Crippen LogP contribution in [0, 0.1) is 6.92 Å². The van der Waals surface area contributed by atoms with E-state index in [-0.39, 0.29) is 12.0 Å². The zero-order valence-corrected chi connectivity index (χ0v) is 7.70. The molecular weight excluding hydrogens is 164 g/mol. The van der Waals surface area contributed by atoms with Crippen molar-refractivity contribution in [1.29, 1.82) is 0 Å². The molecule has 3 heteroatoms. The molecule has 2 rings (SSSR count). The average molecular weight is 178 g/mol. The van der Waals surface area contributed by atoms with Gasteiger partial charge >= 0.3 is 0 Å². The lowest BCUT2D eigenvalue weighted by molar-refractivity contribution is 0.177. The number of aliphatic hydroxyl groups excluding tert-OH is 1. The van der Waals surface area contributed by atoms with Gasteiger partial charge in [-0.15, -0.1) is 0 Å². The molecule has 1 fully saturated rings. The van der Waals surface area contributed by atoms with E-state index in [2.05, 4.69) is 17.2 Å². The molecule has 0 amide bonds. The molecule has 3 nitrogen and oxygen atoms in total. The van der Waals surface area contributed by atoms with Crippen molar-refractivity contribution in [3.8, 4) is 0 Å². The summed E-state index contributed by atoms with van der Waals surface area (Å²) in [6.07, 6.45) is 3.38. The molecule has 1 aromatic heterocycles. The van der Waals surface area contributed by atoms with E-state index in [0.717, 1.165) is 6.54 Å². The van der Waals surface area contributed by atoms with Crippen LogP contribution in [0.3, 0.4) is 0 Å². The van der Waals surface area contributed by atoms with Gasteiger partial charge in [-0.1, -0.05) is 0 Å². The molecule has 1 aliphatic heterocycles. The number of pyridine rings is 1. The number of nitrogens with zero attached hydrogens (tertiary/aromatic N) is 1. The van der Waals surface area contributed by atoms with Crippen molar-refractivity contribution in [3.05, 3.63) is 29.6 Å². The quantitative estimate of drug-likeness (QED) is 0.656. The minimum atomic E-state index is -0.261. The van der Waals surface area contributed by atoms with Crippen molar-refractivity contribution in [1.82, 2.24) is 10.3 Å². The van der Waals surface area contributed by atoms with Gasteiger partial charge in [-0.05, 0) is 24.1 Å². The van der Waals surface area contributed by atoms with E-state index in [0.29, 0.717) is 6.54 Å². The molecular formula is C10H14N2O. The van der Waals surface area contributed by atoms with Crippen molar-refractivity contribution < 1.29 is 5.11 Å². The summed E-state index contributed by atoms with van der Waals surface area (Å²) in [6.45, 7) is 3.61. The molecule has 2 atom stereocenters. The molecule has 1 aromatic rings. The fourth-order valence-electron chi connectivity index (χ4n) is 1.85. The summed E-state index contributed by atoms with van der Waals surface area (Å²) in [5.74, 6) is 0.216. The van der Waals surface area contributed by atoms with Crippen molar-refractivity contribution in [2.45, 2.75) is 18.9 Å². The Morgan fingerprint density at radius 2 is 2.38 bits per heavy atom. The normalized spacial score (nSPS) is 27.8. The number of aromatic nitrogens is 1. The van der Waals surface area contributed by atoms with Crippen LogP contribution < -0.4 is 5.32 Å². The fourth-order valence-corrected chi connectivity index (χ4v) is 1.85. The summed E-state index contributed by atoms with van der Waals surface area (Å²) < 4.78 is 0. The smallest absolute Gasteiger partial charge is 0.0745 e. The standard InChI is InChI=1S/C10H14N2O/c1-7-2-3-11-4-8(7)9-5-12-6-10(9)13/h2-4,9-10,12-13H,5-6H2,1H3/t9-,10+/m0/s1. The van der Waals surface area contributed by atoms with E-state index in [1.54, 1.807) is 6.20 Å². The maximum absolute atomic E-state index is 9.68. The molecule has 1 saturated heterocycles. The van der Waals surface area contributed by atoms with E-state index in [9.17, 15) is 5.11 Å². The van der Waals surface area contributed by atoms with Gasteiger partial charge in [-0.3, -0.25) is 4.98 Å². The van der Waals surface area contributed by atoms with Gasteiger partial charge in [-0.25, -0.2) is 0 Å². The molecule has 0 radical (unpaired) electrons. The number of nitrogens with one attached hydrogen (secondary N) is 1. The Labute approximate surface area is 77.8 Å². The molecule has 2 heterocycles. The van der Waals surface area contributed by atoms with E-state index >= 15 is 0 Å². The molecule has 0 aliphatic carbocycles. The van der Waals surface area contributed by atoms with Gasteiger partial charge in [0.15, 0.2) is 0 Å². The molecule has 0 aromatic carbocycles. The van der Waals surface area contributed by atoms with E-state index in [1.165, 1.54) is 11.1 Å². The first kappa shape index (κ1) is 8.66. The largest absolute Gasteiger partial charge is 0.391 e. The van der Waals surface area contributed by atoms with Crippen molar-refractivity contribution in [3.63, 3.8) is 0 Å². The molecule has 1 aliphatic rings. The second-order valence-corrected chi connectivity index (χ2v) is 3.56. The molecule has 0 saturated carbocycles. The van der Waals surface area contributed by atoms with E-state index < -0.39 is 0 Å². The molecule has 2 N–H and O–H groups in total. The molecule has 70 valence electrons. The van der Waals surface area contributed by atoms with Crippen LogP contribution in [0.25, 0.3) is 0 Å². The van der Waals surface area contributed by atoms with Gasteiger partial charge in [0.25, 0.3) is 0 Å². The summed E-state index contributed by atoms with van der Waals surface area (Å²) in [6, 6.07) is 1.99. The lowest BCUT2D eigenvalue weighted by Gasteiger charge is -2.15. The molecule has 0 spiro atoms. The Morgan fingerprint density at radius 1 is 1.54 bits per heavy atom. The summed E-state index contributed by atoms with van der Waals surface area (Å²) in [5, 5.41) is 12.8. The van der Waals surface area contributed by atoms with E-state index in [4.69, 9.17) is 0 Å². The zero-order chi connectivity index (χ0) is 9.26. The lowest BCUT2D eigenvalue weighted by atomic mass is 9.94. The number of aryl methyl sites for hydroxylation is 1. The Kier molecular flexibility index (Phi) is 2.29. The van der Waals surface area contributed by atoms with Gasteiger partial charge in [0.1, 0.15) is 0 Å². The van der Waals surface area contributed by atoms with Crippen molar-refractivity contribution in [2.24, 2.45) is 0 Å². The third-order valence-corrected chi connectivity index (χ3v) is 2.66. The van der Waals surface area contributed by atoms with Crippen LogP contribution in [0.5, 0.6) is 0 Å². The van der Waals surface area contributed by atoms with Crippen LogP contribution >= 0.6 is 0 Å². The SMILES string of the molecule is Cc1ccncc1[C@@H]1CNC[C@H]1O. The summed E-state index contributed by atoms with van der Waals surface area (Å²) in [7, 11) is 0. The zero-order valence-electron chi connectivity index (χ0n) is 7.70. The maximum Gasteiger partial charge on any atom is 0.0745 e. The van der Waals surface area contributed by atoms with Crippen molar-refractivity contribution in [2.75, 3.05) is 13.1 Å². The van der Waals surface area contributed by atoms with Crippen LogP contribution in [0.15, 0.2) is 18.5 Å². The summed E-state index contributed by atoms with van der Waals surface area (Å²) >= 11 is 0. The number of hydrogen-bond donors (Lipinski definition) is 2. The summed E-state index contributed by atoms with van der Waals surface area (Å²) in [5.41, 5.74) is 2.38. The van der Waals surface area contributed by atoms with Crippen LogP contribution in [-0.4, -0.2) is 29.3 Å². The Hall–Kier alpha value is -0.930. The van der Waals surface area contributed by atoms with Crippen molar-refractivity contribution >= 4 is 0 Å². The lowest BCUT2D eigenvalue weighted by Crippen LogP contribution is -2.17. The van der Waals surface area contributed by atoms with Gasteiger partial charge in [0.05, 0.1) is 6.10 Å². The highest BCUT2D eigenvalue weighted by atomic mass is 16.3. The Morgan fingerprint density at radius 3 is 3.00 bits per heavy atom. The number of rotatable bonds is 1. The van der Waals surface area contributed by atoms with Crippen LogP contribution in [0.2, 0.25) is 0 Å². The predicted octanol–water partition coefficient (Wildman–Crippen LogP) is 0.438.